The molecule has 5 nitrogen and oxygen atoms in total. The third-order valence-corrected chi connectivity index (χ3v) is 5.26. The van der Waals surface area contributed by atoms with Gasteiger partial charge < -0.3 is 5.32 Å². The van der Waals surface area contributed by atoms with Crippen molar-refractivity contribution in [2.45, 2.75) is 37.5 Å². The van der Waals surface area contributed by atoms with Crippen molar-refractivity contribution in [3.63, 3.8) is 0 Å². The summed E-state index contributed by atoms with van der Waals surface area (Å²) >= 11 is 0. The number of nitrogens with zero attached hydrogens (tertiary/aromatic N) is 2. The topological polar surface area (TPSA) is 73.2 Å². The zero-order chi connectivity index (χ0) is 12.2. The van der Waals surface area contributed by atoms with E-state index in [0.717, 1.165) is 12.8 Å². The summed E-state index contributed by atoms with van der Waals surface area (Å²) in [5, 5.41) is 11.0. The number of sulfonamides is 1. The van der Waals surface area contributed by atoms with Crippen LogP contribution in [0.5, 0.6) is 0 Å². The predicted octanol–water partition coefficient (Wildman–Crippen LogP) is 0.302. The second-order valence-electron chi connectivity index (χ2n) is 4.04. The maximum absolute atomic E-state index is 12.2. The first-order valence-corrected chi connectivity index (χ1v) is 7.13. The lowest BCUT2D eigenvalue weighted by molar-refractivity contribution is 0.376. The van der Waals surface area contributed by atoms with Crippen molar-refractivity contribution in [3.8, 4) is 6.07 Å². The van der Waals surface area contributed by atoms with Crippen LogP contribution >= 0.6 is 0 Å². The Morgan fingerprint density at radius 1 is 1.62 bits per heavy atom. The van der Waals surface area contributed by atoms with Gasteiger partial charge in [0.1, 0.15) is 0 Å². The summed E-state index contributed by atoms with van der Waals surface area (Å²) in [6.07, 6.45) is 2.11. The minimum absolute atomic E-state index is 0.0115. The van der Waals surface area contributed by atoms with Crippen molar-refractivity contribution < 1.29 is 8.42 Å². The highest BCUT2D eigenvalue weighted by atomic mass is 32.2. The first kappa shape index (κ1) is 13.4. The number of likely N-dealkylation sites (N-methyl/N-ethyl adjacent to an activating group) is 1. The summed E-state index contributed by atoms with van der Waals surface area (Å²) in [6, 6.07) is 1.89. The summed E-state index contributed by atoms with van der Waals surface area (Å²) in [5.41, 5.74) is 0. The molecule has 0 aromatic heterocycles. The molecule has 1 heterocycles. The second kappa shape index (κ2) is 5.62. The molecule has 92 valence electrons. The number of hydrogen-bond donors (Lipinski definition) is 1. The van der Waals surface area contributed by atoms with E-state index < -0.39 is 15.3 Å². The van der Waals surface area contributed by atoms with Gasteiger partial charge in [-0.05, 0) is 26.3 Å². The van der Waals surface area contributed by atoms with Gasteiger partial charge in [-0.15, -0.1) is 0 Å². The maximum atomic E-state index is 12.2. The van der Waals surface area contributed by atoms with Crippen LogP contribution in [0.3, 0.4) is 0 Å². The van der Waals surface area contributed by atoms with Gasteiger partial charge in [0.2, 0.25) is 10.0 Å². The number of rotatable bonds is 5. The van der Waals surface area contributed by atoms with Gasteiger partial charge in [0.05, 0.1) is 6.07 Å². The van der Waals surface area contributed by atoms with E-state index in [0.29, 0.717) is 19.5 Å². The fraction of sp³-hybridized carbons (Fsp3) is 0.900. The molecule has 2 atom stereocenters. The number of nitriles is 1. The Kier molecular flexibility index (Phi) is 4.71. The number of hydrogen-bond acceptors (Lipinski definition) is 4. The highest BCUT2D eigenvalue weighted by molar-refractivity contribution is 7.90. The van der Waals surface area contributed by atoms with Crippen LogP contribution in [0.25, 0.3) is 0 Å². The Labute approximate surface area is 97.5 Å². The minimum Gasteiger partial charge on any atom is -0.318 e. The molecular weight excluding hydrogens is 226 g/mol. The lowest BCUT2D eigenvalue weighted by Gasteiger charge is -2.25. The quantitative estimate of drug-likeness (QED) is 0.756. The van der Waals surface area contributed by atoms with E-state index in [1.54, 1.807) is 6.92 Å². The van der Waals surface area contributed by atoms with Crippen molar-refractivity contribution in [1.29, 1.82) is 5.26 Å². The zero-order valence-electron chi connectivity index (χ0n) is 9.81. The molecule has 1 rings (SSSR count). The summed E-state index contributed by atoms with van der Waals surface area (Å²) in [6.45, 7) is 2.93. The largest absolute Gasteiger partial charge is 0.318 e. The third-order valence-electron chi connectivity index (χ3n) is 2.96. The van der Waals surface area contributed by atoms with Gasteiger partial charge in [0.15, 0.2) is 5.25 Å². The fourth-order valence-corrected chi connectivity index (χ4v) is 3.98. The highest BCUT2D eigenvalue weighted by Gasteiger charge is 2.38. The van der Waals surface area contributed by atoms with Crippen LogP contribution < -0.4 is 5.32 Å². The molecule has 1 saturated heterocycles. The molecule has 0 radical (unpaired) electrons. The standard InChI is InChI=1S/C10H19N3O2S/c1-3-10(7-11)16(14,15)13-6-4-5-9(13)8-12-2/h9-10,12H,3-6,8H2,1-2H3. The van der Waals surface area contributed by atoms with Gasteiger partial charge >= 0.3 is 0 Å². The molecule has 0 saturated carbocycles. The Morgan fingerprint density at radius 3 is 2.81 bits per heavy atom. The maximum Gasteiger partial charge on any atom is 0.230 e. The van der Waals surface area contributed by atoms with Crippen LogP contribution in [0.15, 0.2) is 0 Å². The van der Waals surface area contributed by atoms with Crippen molar-refractivity contribution in [3.05, 3.63) is 0 Å². The predicted molar refractivity (Wildman–Crippen MR) is 62.3 cm³/mol. The lowest BCUT2D eigenvalue weighted by atomic mass is 10.2. The monoisotopic (exact) mass is 245 g/mol. The van der Waals surface area contributed by atoms with E-state index in [2.05, 4.69) is 5.32 Å². The highest BCUT2D eigenvalue weighted by Crippen LogP contribution is 2.24. The molecule has 16 heavy (non-hydrogen) atoms. The molecule has 0 amide bonds. The zero-order valence-corrected chi connectivity index (χ0v) is 10.6. The van der Waals surface area contributed by atoms with Crippen LogP contribution in [0, 0.1) is 11.3 Å². The molecule has 0 aliphatic carbocycles. The molecule has 0 spiro atoms. The summed E-state index contributed by atoms with van der Waals surface area (Å²) in [4.78, 5) is 0. The van der Waals surface area contributed by atoms with Gasteiger partial charge in [-0.25, -0.2) is 8.42 Å². The van der Waals surface area contributed by atoms with Crippen LogP contribution in [0.4, 0.5) is 0 Å². The molecule has 2 unspecified atom stereocenters. The summed E-state index contributed by atoms with van der Waals surface area (Å²) in [5.74, 6) is 0. The van der Waals surface area contributed by atoms with Gasteiger partial charge in [0.25, 0.3) is 0 Å². The average molecular weight is 245 g/mol. The third kappa shape index (κ3) is 2.54. The second-order valence-corrected chi connectivity index (χ2v) is 6.10. The van der Waals surface area contributed by atoms with E-state index in [9.17, 15) is 8.42 Å². The minimum atomic E-state index is -3.44. The SMILES string of the molecule is CCC(C#N)S(=O)(=O)N1CCCC1CNC. The Balaban J connectivity index is 2.87. The van der Waals surface area contributed by atoms with Crippen LogP contribution in [-0.4, -0.2) is 44.2 Å². The van der Waals surface area contributed by atoms with E-state index in [1.807, 2.05) is 13.1 Å². The van der Waals surface area contributed by atoms with Gasteiger partial charge in [-0.1, -0.05) is 6.92 Å². The Morgan fingerprint density at radius 2 is 2.31 bits per heavy atom. The summed E-state index contributed by atoms with van der Waals surface area (Å²) in [7, 11) is -1.63. The van der Waals surface area contributed by atoms with Crippen molar-refractivity contribution in [1.82, 2.24) is 9.62 Å². The fourth-order valence-electron chi connectivity index (χ4n) is 2.12. The van der Waals surface area contributed by atoms with Gasteiger partial charge in [0, 0.05) is 19.1 Å². The van der Waals surface area contributed by atoms with E-state index in [-0.39, 0.29) is 6.04 Å². The first-order valence-electron chi connectivity index (χ1n) is 5.62. The lowest BCUT2D eigenvalue weighted by Crippen LogP contribution is -2.44. The average Bonchev–Trinajstić information content (AvgIpc) is 2.68. The van der Waals surface area contributed by atoms with Crippen molar-refractivity contribution in [2.24, 2.45) is 0 Å². The van der Waals surface area contributed by atoms with Crippen LogP contribution in [0.1, 0.15) is 26.2 Å². The molecule has 1 fully saturated rings. The van der Waals surface area contributed by atoms with Gasteiger partial charge in [-0.3, -0.25) is 0 Å². The Hall–Kier alpha value is -0.640. The smallest absolute Gasteiger partial charge is 0.230 e. The molecule has 1 aliphatic rings. The molecule has 1 N–H and O–H groups in total. The van der Waals surface area contributed by atoms with E-state index in [1.165, 1.54) is 4.31 Å². The van der Waals surface area contributed by atoms with Crippen LogP contribution in [-0.2, 0) is 10.0 Å². The van der Waals surface area contributed by atoms with E-state index >= 15 is 0 Å². The normalized spacial score (nSPS) is 24.2. The van der Waals surface area contributed by atoms with Crippen LogP contribution in [0.2, 0.25) is 0 Å². The molecule has 1 aliphatic heterocycles. The summed E-state index contributed by atoms with van der Waals surface area (Å²) < 4.78 is 25.8. The Bertz CT molecular complexity index is 361. The van der Waals surface area contributed by atoms with Gasteiger partial charge in [-0.2, -0.15) is 9.57 Å². The number of nitrogens with one attached hydrogen (secondary N) is 1. The van der Waals surface area contributed by atoms with Crippen molar-refractivity contribution >= 4 is 10.0 Å². The van der Waals surface area contributed by atoms with E-state index in [4.69, 9.17) is 5.26 Å². The first-order chi connectivity index (χ1) is 7.57. The molecule has 0 aromatic rings. The molecule has 6 heteroatoms. The molecule has 0 aromatic carbocycles. The van der Waals surface area contributed by atoms with Crippen molar-refractivity contribution in [2.75, 3.05) is 20.1 Å². The molecule has 0 bridgehead atoms. The molecular formula is C10H19N3O2S.